The smallest absolute Gasteiger partial charge is 0.0809 e. The van der Waals surface area contributed by atoms with Crippen molar-refractivity contribution in [1.29, 1.82) is 0 Å². The maximum atomic E-state index is 12.5. The van der Waals surface area contributed by atoms with Crippen molar-refractivity contribution >= 4 is 18.4 Å². The Balaban J connectivity index is 3.00. The fraction of sp³-hybridized carbons (Fsp3) is 0.364. The van der Waals surface area contributed by atoms with Gasteiger partial charge in [-0.05, 0) is 30.9 Å². The van der Waals surface area contributed by atoms with Crippen molar-refractivity contribution in [3.05, 3.63) is 34.9 Å². The molecular weight excluding hydrogens is 197 g/mol. The summed E-state index contributed by atoms with van der Waals surface area (Å²) in [4.78, 5) is 4.89. The van der Waals surface area contributed by atoms with Crippen LogP contribution in [0.2, 0.25) is 0 Å². The third-order valence-corrected chi connectivity index (χ3v) is 2.43. The Morgan fingerprint density at radius 1 is 1.71 bits per heavy atom. The summed E-state index contributed by atoms with van der Waals surface area (Å²) >= 11 is 0.261. The molecule has 1 unspecified atom stereocenters. The molecule has 1 aliphatic rings. The van der Waals surface area contributed by atoms with Crippen LogP contribution in [0.1, 0.15) is 20.3 Å². The first-order valence-electron chi connectivity index (χ1n) is 4.54. The molecule has 0 radical (unpaired) electrons. The quantitative estimate of drug-likeness (QED) is 0.671. The lowest BCUT2D eigenvalue weighted by Gasteiger charge is -2.08. The van der Waals surface area contributed by atoms with E-state index < -0.39 is 0 Å². The monoisotopic (exact) mass is 211 g/mol. The van der Waals surface area contributed by atoms with Crippen LogP contribution in [0.4, 0.5) is 3.89 Å². The van der Waals surface area contributed by atoms with Gasteiger partial charge in [0.15, 0.2) is 0 Å². The molecule has 1 nitrogen and oxygen atoms in total. The molecule has 3 heteroatoms. The van der Waals surface area contributed by atoms with Crippen LogP contribution in [-0.4, -0.2) is 6.21 Å². The minimum atomic E-state index is 0.261. The molecule has 0 bridgehead atoms. The van der Waals surface area contributed by atoms with Crippen molar-refractivity contribution in [2.45, 2.75) is 20.3 Å². The number of nitrogens with zero attached hydrogens (tertiary/aromatic N) is 1. The molecular formula is C11H14FNS. The predicted molar refractivity (Wildman–Crippen MR) is 62.0 cm³/mol. The highest BCUT2D eigenvalue weighted by atomic mass is 32.2. The van der Waals surface area contributed by atoms with Gasteiger partial charge in [-0.2, -0.15) is 3.89 Å². The van der Waals surface area contributed by atoms with E-state index in [1.54, 1.807) is 6.08 Å². The Bertz CT molecular complexity index is 315. The summed E-state index contributed by atoms with van der Waals surface area (Å²) < 4.78 is 12.5. The summed E-state index contributed by atoms with van der Waals surface area (Å²) in [6.07, 6.45) is 6.34. The van der Waals surface area contributed by atoms with Gasteiger partial charge in [0.1, 0.15) is 0 Å². The standard InChI is InChI=1S/C11H14FNS/c1-8(2)11-6-10(14-12)5-4-9(3)7-13-11/h5-7,9H,1,4H2,2-3H3/b10-5+,11-6+,13-7-. The summed E-state index contributed by atoms with van der Waals surface area (Å²) in [6, 6.07) is 0. The number of halogens is 1. The molecule has 1 aliphatic heterocycles. The maximum absolute atomic E-state index is 12.5. The molecule has 0 aromatic heterocycles. The fourth-order valence-corrected chi connectivity index (χ4v) is 1.40. The summed E-state index contributed by atoms with van der Waals surface area (Å²) in [5.41, 5.74) is 1.61. The van der Waals surface area contributed by atoms with Crippen LogP contribution in [-0.2, 0) is 0 Å². The van der Waals surface area contributed by atoms with Crippen LogP contribution in [0.3, 0.4) is 0 Å². The molecule has 0 aromatic rings. The largest absolute Gasteiger partial charge is 0.261 e. The SMILES string of the molecule is C=C(C)C1=C\C(SF)=C/CC(C)/C=N\1. The average Bonchev–Trinajstić information content (AvgIpc) is 2.12. The number of allylic oxidation sites excluding steroid dienone is 3. The second-order valence-corrected chi connectivity index (χ2v) is 4.11. The zero-order valence-electron chi connectivity index (χ0n) is 8.46. The van der Waals surface area contributed by atoms with E-state index in [4.69, 9.17) is 0 Å². The second-order valence-electron chi connectivity index (χ2n) is 3.48. The zero-order chi connectivity index (χ0) is 10.6. The topological polar surface area (TPSA) is 12.4 Å². The maximum Gasteiger partial charge on any atom is 0.0809 e. The highest BCUT2D eigenvalue weighted by Gasteiger charge is 2.05. The molecule has 0 aliphatic carbocycles. The summed E-state index contributed by atoms with van der Waals surface area (Å²) in [5, 5.41) is 0. The molecule has 1 heterocycles. The highest BCUT2D eigenvalue weighted by molar-refractivity contribution is 7.98. The van der Waals surface area contributed by atoms with Gasteiger partial charge >= 0.3 is 0 Å². The van der Waals surface area contributed by atoms with Crippen LogP contribution in [0.25, 0.3) is 0 Å². The van der Waals surface area contributed by atoms with Gasteiger partial charge in [0.25, 0.3) is 0 Å². The number of hydrogen-bond donors (Lipinski definition) is 0. The van der Waals surface area contributed by atoms with Crippen LogP contribution >= 0.6 is 12.1 Å². The van der Waals surface area contributed by atoms with E-state index in [0.717, 1.165) is 17.7 Å². The van der Waals surface area contributed by atoms with E-state index in [1.165, 1.54) is 0 Å². The summed E-state index contributed by atoms with van der Waals surface area (Å²) in [5.74, 6) is 0.347. The van der Waals surface area contributed by atoms with Crippen LogP contribution in [0, 0.1) is 5.92 Å². The second kappa shape index (κ2) is 5.15. The Hall–Kier alpha value is -0.830. The number of hydrogen-bond acceptors (Lipinski definition) is 2. The molecule has 14 heavy (non-hydrogen) atoms. The van der Waals surface area contributed by atoms with Gasteiger partial charge in [-0.1, -0.05) is 19.6 Å². The molecule has 0 aromatic carbocycles. The van der Waals surface area contributed by atoms with Crippen molar-refractivity contribution in [3.63, 3.8) is 0 Å². The lowest BCUT2D eigenvalue weighted by molar-refractivity contribution is 0.803. The van der Waals surface area contributed by atoms with Gasteiger partial charge < -0.3 is 0 Å². The summed E-state index contributed by atoms with van der Waals surface area (Å²) in [6.45, 7) is 7.73. The van der Waals surface area contributed by atoms with Gasteiger partial charge in [0.05, 0.1) is 17.8 Å². The Morgan fingerprint density at radius 3 is 3.00 bits per heavy atom. The van der Waals surface area contributed by atoms with E-state index in [-0.39, 0.29) is 12.1 Å². The van der Waals surface area contributed by atoms with Gasteiger partial charge in [-0.3, -0.25) is 4.99 Å². The van der Waals surface area contributed by atoms with Crippen LogP contribution in [0.15, 0.2) is 39.9 Å². The normalized spacial score (nSPS) is 31.8. The Morgan fingerprint density at radius 2 is 2.43 bits per heavy atom. The minimum Gasteiger partial charge on any atom is -0.261 e. The third kappa shape index (κ3) is 3.14. The van der Waals surface area contributed by atoms with Crippen molar-refractivity contribution in [2.75, 3.05) is 0 Å². The van der Waals surface area contributed by atoms with Crippen molar-refractivity contribution in [2.24, 2.45) is 10.9 Å². The molecule has 0 N–H and O–H groups in total. The lowest BCUT2D eigenvalue weighted by atomic mass is 10.1. The summed E-state index contributed by atoms with van der Waals surface area (Å²) in [7, 11) is 0. The predicted octanol–water partition coefficient (Wildman–Crippen LogP) is 4.06. The molecule has 1 atom stereocenters. The zero-order valence-corrected chi connectivity index (χ0v) is 9.27. The first-order valence-corrected chi connectivity index (χ1v) is 5.25. The Kier molecular flexibility index (Phi) is 4.14. The lowest BCUT2D eigenvalue weighted by Crippen LogP contribution is -1.97. The molecule has 0 saturated carbocycles. The van der Waals surface area contributed by atoms with Crippen molar-refractivity contribution in [1.82, 2.24) is 0 Å². The first kappa shape index (κ1) is 11.2. The van der Waals surface area contributed by atoms with Gasteiger partial charge in [-0.15, -0.1) is 0 Å². The molecule has 0 fully saturated rings. The van der Waals surface area contributed by atoms with Crippen LogP contribution < -0.4 is 0 Å². The molecule has 0 amide bonds. The highest BCUT2D eigenvalue weighted by Crippen LogP contribution is 2.25. The van der Waals surface area contributed by atoms with Crippen LogP contribution in [0.5, 0.6) is 0 Å². The first-order chi connectivity index (χ1) is 6.63. The van der Waals surface area contributed by atoms with E-state index in [2.05, 4.69) is 18.5 Å². The number of aliphatic imine (C=N–C) groups is 1. The molecule has 76 valence electrons. The molecule has 0 saturated heterocycles. The minimum absolute atomic E-state index is 0.261. The van der Waals surface area contributed by atoms with E-state index in [9.17, 15) is 3.89 Å². The fourth-order valence-electron chi connectivity index (χ4n) is 1.09. The van der Waals surface area contributed by atoms with Gasteiger partial charge in [0.2, 0.25) is 0 Å². The van der Waals surface area contributed by atoms with E-state index >= 15 is 0 Å². The van der Waals surface area contributed by atoms with Gasteiger partial charge in [0, 0.05) is 11.1 Å². The molecule has 1 rings (SSSR count). The van der Waals surface area contributed by atoms with E-state index in [1.807, 2.05) is 19.2 Å². The molecule has 0 spiro atoms. The van der Waals surface area contributed by atoms with E-state index in [0.29, 0.717) is 10.8 Å². The third-order valence-electron chi connectivity index (χ3n) is 1.96. The van der Waals surface area contributed by atoms with Crippen molar-refractivity contribution in [3.8, 4) is 0 Å². The average molecular weight is 211 g/mol. The van der Waals surface area contributed by atoms with Gasteiger partial charge in [-0.25, -0.2) is 0 Å². The number of rotatable bonds is 2. The van der Waals surface area contributed by atoms with Crippen molar-refractivity contribution < 1.29 is 3.89 Å². The Labute approximate surface area is 88.8 Å².